The number of nitrogens with one attached hydrogen (secondary N) is 1. The van der Waals surface area contributed by atoms with E-state index in [-0.39, 0.29) is 30.4 Å². The summed E-state index contributed by atoms with van der Waals surface area (Å²) in [4.78, 5) is 27.0. The van der Waals surface area contributed by atoms with Crippen molar-refractivity contribution in [1.82, 2.24) is 5.32 Å². The Labute approximate surface area is 163 Å². The Kier molecular flexibility index (Phi) is 11.2. The van der Waals surface area contributed by atoms with Gasteiger partial charge in [-0.05, 0) is 50.9 Å². The third-order valence-electron chi connectivity index (χ3n) is 5.09. The lowest BCUT2D eigenvalue weighted by Crippen LogP contribution is -2.38. The smallest absolute Gasteiger partial charge is 0.407 e. The zero-order chi connectivity index (χ0) is 20.1. The Balaban J connectivity index is 2.36. The van der Waals surface area contributed by atoms with Gasteiger partial charge in [0.2, 0.25) is 0 Å². The van der Waals surface area contributed by atoms with Crippen LogP contribution in [0.5, 0.6) is 0 Å². The van der Waals surface area contributed by atoms with Gasteiger partial charge in [0, 0.05) is 6.04 Å². The van der Waals surface area contributed by atoms with Gasteiger partial charge in [-0.1, -0.05) is 39.2 Å². The number of ether oxygens (including phenoxy) is 2. The molecule has 0 heterocycles. The van der Waals surface area contributed by atoms with Gasteiger partial charge < -0.3 is 14.8 Å². The second kappa shape index (κ2) is 13.2. The largest absolute Gasteiger partial charge is 0.471 e. The van der Waals surface area contributed by atoms with Crippen LogP contribution in [0.25, 0.3) is 4.85 Å². The molecule has 27 heavy (non-hydrogen) atoms. The van der Waals surface area contributed by atoms with Gasteiger partial charge >= 0.3 is 12.1 Å². The molecular weight excluding hydrogens is 344 g/mol. The van der Waals surface area contributed by atoms with Crippen molar-refractivity contribution in [3.8, 4) is 0 Å². The molecule has 0 radical (unpaired) electrons. The average molecular weight is 379 g/mol. The van der Waals surface area contributed by atoms with Crippen LogP contribution in [0.3, 0.4) is 0 Å². The van der Waals surface area contributed by atoms with E-state index in [1.165, 1.54) is 6.42 Å². The van der Waals surface area contributed by atoms with Crippen LogP contribution in [0.4, 0.5) is 4.79 Å². The van der Waals surface area contributed by atoms with Gasteiger partial charge in [-0.15, -0.1) is 0 Å². The van der Waals surface area contributed by atoms with Crippen molar-refractivity contribution in [2.45, 2.75) is 78.2 Å². The number of allylic oxidation sites excluding steroid dienone is 1. The van der Waals surface area contributed by atoms with E-state index in [0.717, 1.165) is 44.9 Å². The van der Waals surface area contributed by atoms with E-state index in [4.69, 9.17) is 16.0 Å². The van der Waals surface area contributed by atoms with Crippen LogP contribution < -0.4 is 5.32 Å². The first-order chi connectivity index (χ1) is 13.0. The second-order valence-electron chi connectivity index (χ2n) is 7.16. The molecule has 0 aromatic rings. The molecular formula is C21H34N2O4. The lowest BCUT2D eigenvalue weighted by Gasteiger charge is -2.27. The summed E-state index contributed by atoms with van der Waals surface area (Å²) in [6, 6.07) is 0.0943. The van der Waals surface area contributed by atoms with Crippen molar-refractivity contribution in [3.05, 3.63) is 23.2 Å². The van der Waals surface area contributed by atoms with Gasteiger partial charge in [0.1, 0.15) is 0 Å². The maximum Gasteiger partial charge on any atom is 0.407 e. The molecule has 0 spiro atoms. The number of alkyl carbamates (subject to hydrolysis) is 1. The number of nitrogens with zero attached hydrogens (tertiary/aromatic N) is 1. The number of amides is 1. The molecule has 6 nitrogen and oxygen atoms in total. The SMILES string of the molecule is [C-]#[N+]/C(=C\C1CCC(NC(=O)OCC(CC)CCCC)CC1)C(=O)OCC. The van der Waals surface area contributed by atoms with E-state index in [1.54, 1.807) is 13.0 Å². The lowest BCUT2D eigenvalue weighted by molar-refractivity contribution is -0.138. The highest BCUT2D eigenvalue weighted by Crippen LogP contribution is 2.27. The van der Waals surface area contributed by atoms with Crippen molar-refractivity contribution in [1.29, 1.82) is 0 Å². The molecule has 1 N–H and O–H groups in total. The first-order valence-electron chi connectivity index (χ1n) is 10.2. The third kappa shape index (κ3) is 8.94. The van der Waals surface area contributed by atoms with E-state index in [2.05, 4.69) is 24.0 Å². The summed E-state index contributed by atoms with van der Waals surface area (Å²) >= 11 is 0. The normalized spacial score (nSPS) is 21.0. The van der Waals surface area contributed by atoms with Crippen molar-refractivity contribution in [3.63, 3.8) is 0 Å². The molecule has 0 bridgehead atoms. The summed E-state index contributed by atoms with van der Waals surface area (Å²) in [7, 11) is 0. The van der Waals surface area contributed by atoms with Crippen molar-refractivity contribution in [2.24, 2.45) is 11.8 Å². The Hall–Kier alpha value is -2.03. The molecule has 152 valence electrons. The van der Waals surface area contributed by atoms with Gasteiger partial charge in [-0.25, -0.2) is 9.64 Å². The molecule has 1 aliphatic carbocycles. The molecule has 1 aliphatic rings. The van der Waals surface area contributed by atoms with E-state index < -0.39 is 5.97 Å². The van der Waals surface area contributed by atoms with Crippen LogP contribution in [0.1, 0.15) is 72.1 Å². The Morgan fingerprint density at radius 1 is 1.19 bits per heavy atom. The third-order valence-corrected chi connectivity index (χ3v) is 5.09. The van der Waals surface area contributed by atoms with Gasteiger partial charge in [0.25, 0.3) is 5.70 Å². The first-order valence-corrected chi connectivity index (χ1v) is 10.2. The quantitative estimate of drug-likeness (QED) is 0.335. The van der Waals surface area contributed by atoms with Gasteiger partial charge in [-0.3, -0.25) is 4.79 Å². The van der Waals surface area contributed by atoms with E-state index in [1.807, 2.05) is 0 Å². The number of esters is 1. The van der Waals surface area contributed by atoms with Crippen LogP contribution in [0.2, 0.25) is 0 Å². The molecule has 0 aliphatic heterocycles. The summed E-state index contributed by atoms with van der Waals surface area (Å²) in [6.07, 6.45) is 9.13. The van der Waals surface area contributed by atoms with Gasteiger partial charge in [0.15, 0.2) is 0 Å². The van der Waals surface area contributed by atoms with Gasteiger partial charge in [0.05, 0.1) is 19.8 Å². The molecule has 0 saturated heterocycles. The Morgan fingerprint density at radius 3 is 2.44 bits per heavy atom. The highest BCUT2D eigenvalue weighted by molar-refractivity contribution is 5.90. The molecule has 1 amide bonds. The van der Waals surface area contributed by atoms with Crippen molar-refractivity contribution >= 4 is 12.1 Å². The van der Waals surface area contributed by atoms with Crippen molar-refractivity contribution < 1.29 is 19.1 Å². The fraction of sp³-hybridized carbons (Fsp3) is 0.762. The van der Waals surface area contributed by atoms with Crippen LogP contribution in [-0.2, 0) is 14.3 Å². The minimum absolute atomic E-state index is 0.0605. The Bertz CT molecular complexity index is 531. The summed E-state index contributed by atoms with van der Waals surface area (Å²) in [5.74, 6) is 0.0578. The molecule has 1 fully saturated rings. The monoisotopic (exact) mass is 378 g/mol. The Morgan fingerprint density at radius 2 is 1.89 bits per heavy atom. The highest BCUT2D eigenvalue weighted by atomic mass is 16.5. The van der Waals surface area contributed by atoms with E-state index in [9.17, 15) is 9.59 Å². The fourth-order valence-electron chi connectivity index (χ4n) is 3.31. The number of carbonyl (C=O) groups is 2. The zero-order valence-electron chi connectivity index (χ0n) is 17.0. The number of hydrogen-bond donors (Lipinski definition) is 1. The lowest BCUT2D eigenvalue weighted by atomic mass is 9.85. The van der Waals surface area contributed by atoms with Crippen LogP contribution in [0.15, 0.2) is 11.8 Å². The number of hydrogen-bond acceptors (Lipinski definition) is 4. The molecule has 1 rings (SSSR count). The summed E-state index contributed by atoms with van der Waals surface area (Å²) in [5, 5.41) is 2.95. The van der Waals surface area contributed by atoms with E-state index >= 15 is 0 Å². The maximum absolute atomic E-state index is 12.0. The van der Waals surface area contributed by atoms with Crippen LogP contribution >= 0.6 is 0 Å². The molecule has 1 atom stereocenters. The number of carbonyl (C=O) groups excluding carboxylic acids is 2. The van der Waals surface area contributed by atoms with Crippen LogP contribution in [-0.4, -0.2) is 31.3 Å². The predicted molar refractivity (Wildman–Crippen MR) is 105 cm³/mol. The summed E-state index contributed by atoms with van der Waals surface area (Å²) < 4.78 is 10.3. The minimum Gasteiger partial charge on any atom is -0.471 e. The minimum atomic E-state index is -0.551. The number of unbranched alkanes of at least 4 members (excludes halogenated alkanes) is 1. The molecule has 0 aromatic carbocycles. The predicted octanol–water partition coefficient (Wildman–Crippen LogP) is 4.85. The first kappa shape index (κ1) is 23.0. The molecule has 1 saturated carbocycles. The number of rotatable bonds is 10. The molecule has 6 heteroatoms. The van der Waals surface area contributed by atoms with Crippen molar-refractivity contribution in [2.75, 3.05) is 13.2 Å². The van der Waals surface area contributed by atoms with Crippen LogP contribution in [0, 0.1) is 18.4 Å². The fourth-order valence-corrected chi connectivity index (χ4v) is 3.31. The van der Waals surface area contributed by atoms with E-state index in [0.29, 0.717) is 12.5 Å². The van der Waals surface area contributed by atoms with Gasteiger partial charge in [-0.2, -0.15) is 0 Å². The zero-order valence-corrected chi connectivity index (χ0v) is 17.0. The summed E-state index contributed by atoms with van der Waals surface area (Å²) in [6.45, 7) is 13.9. The average Bonchev–Trinajstić information content (AvgIpc) is 2.67. The topological polar surface area (TPSA) is 69.0 Å². The molecule has 1 unspecified atom stereocenters. The highest BCUT2D eigenvalue weighted by Gasteiger charge is 2.23. The molecule has 0 aromatic heterocycles. The second-order valence-corrected chi connectivity index (χ2v) is 7.16. The standard InChI is InChI=1S/C21H34N2O4/c1-5-8-9-16(6-2)15-27-21(25)23-18-12-10-17(11-13-18)14-19(22-4)20(24)26-7-3/h14,16-18H,5-13,15H2,1-3H3,(H,23,25)/b19-14-. The maximum atomic E-state index is 12.0. The summed E-state index contributed by atoms with van der Waals surface area (Å²) in [5.41, 5.74) is 0.0605.